The molecule has 0 saturated carbocycles. The van der Waals surface area contributed by atoms with Gasteiger partial charge in [-0.3, -0.25) is 10.1 Å². The molecule has 7 heteroatoms. The summed E-state index contributed by atoms with van der Waals surface area (Å²) >= 11 is 3.28. The second-order valence-electron chi connectivity index (χ2n) is 4.19. The highest BCUT2D eigenvalue weighted by Crippen LogP contribution is 2.32. The van der Waals surface area contributed by atoms with E-state index in [-0.39, 0.29) is 11.7 Å². The second kappa shape index (κ2) is 5.98. The van der Waals surface area contributed by atoms with Gasteiger partial charge in [0.2, 0.25) is 5.88 Å². The predicted octanol–water partition coefficient (Wildman–Crippen LogP) is 3.56. The topological polar surface area (TPSA) is 91.3 Å². The van der Waals surface area contributed by atoms with Gasteiger partial charge in [0.15, 0.2) is 5.75 Å². The molecule has 0 saturated heterocycles. The third kappa shape index (κ3) is 3.31. The van der Waals surface area contributed by atoms with Crippen LogP contribution in [0.3, 0.4) is 0 Å². The van der Waals surface area contributed by atoms with Crippen LogP contribution in [0.2, 0.25) is 0 Å². The predicted molar refractivity (Wildman–Crippen MR) is 77.7 cm³/mol. The highest BCUT2D eigenvalue weighted by molar-refractivity contribution is 9.10. The smallest absolute Gasteiger partial charge is 0.273 e. The lowest BCUT2D eigenvalue weighted by molar-refractivity contribution is -0.384. The fourth-order valence-corrected chi connectivity index (χ4v) is 1.85. The number of nitro benzene ring substituents is 1. The molecule has 2 aromatic rings. The van der Waals surface area contributed by atoms with Crippen LogP contribution in [0, 0.1) is 10.1 Å². The van der Waals surface area contributed by atoms with Crippen molar-refractivity contribution in [2.45, 2.75) is 13.0 Å². The van der Waals surface area contributed by atoms with Crippen molar-refractivity contribution in [2.24, 2.45) is 5.73 Å². The lowest BCUT2D eigenvalue weighted by Gasteiger charge is -2.08. The SMILES string of the molecule is C[C@H](N)c1ccc(Oc2cc([N+](=O)[O-])ccc2Br)nc1. The Bertz CT molecular complexity index is 629. The number of nitro groups is 1. The third-order valence-electron chi connectivity index (χ3n) is 2.63. The van der Waals surface area contributed by atoms with Crippen molar-refractivity contribution in [2.75, 3.05) is 0 Å². The van der Waals surface area contributed by atoms with Gasteiger partial charge in [0.25, 0.3) is 5.69 Å². The summed E-state index contributed by atoms with van der Waals surface area (Å²) in [5.41, 5.74) is 6.57. The minimum atomic E-state index is -0.480. The van der Waals surface area contributed by atoms with Crippen LogP contribution in [-0.2, 0) is 0 Å². The third-order valence-corrected chi connectivity index (χ3v) is 3.28. The Balaban J connectivity index is 2.25. The number of pyridine rings is 1. The van der Waals surface area contributed by atoms with E-state index in [0.29, 0.717) is 16.1 Å². The zero-order chi connectivity index (χ0) is 14.7. The number of benzene rings is 1. The molecule has 0 fully saturated rings. The molecule has 104 valence electrons. The number of rotatable bonds is 4. The van der Waals surface area contributed by atoms with Crippen LogP contribution in [-0.4, -0.2) is 9.91 Å². The maximum absolute atomic E-state index is 10.7. The first-order chi connectivity index (χ1) is 9.47. The molecule has 2 rings (SSSR count). The van der Waals surface area contributed by atoms with Crippen molar-refractivity contribution < 1.29 is 9.66 Å². The Hall–Kier alpha value is -1.99. The molecule has 0 unspecified atom stereocenters. The fraction of sp³-hybridized carbons (Fsp3) is 0.154. The van der Waals surface area contributed by atoms with Crippen LogP contribution in [0.15, 0.2) is 41.0 Å². The molecule has 0 aliphatic rings. The van der Waals surface area contributed by atoms with Crippen LogP contribution in [0.1, 0.15) is 18.5 Å². The summed E-state index contributed by atoms with van der Waals surface area (Å²) in [7, 11) is 0. The molecule has 1 atom stereocenters. The number of hydrogen-bond donors (Lipinski definition) is 1. The summed E-state index contributed by atoms with van der Waals surface area (Å²) in [5.74, 6) is 0.677. The Morgan fingerprint density at radius 1 is 1.40 bits per heavy atom. The molecule has 0 aliphatic carbocycles. The van der Waals surface area contributed by atoms with Crippen LogP contribution < -0.4 is 10.5 Å². The molecule has 6 nitrogen and oxygen atoms in total. The first-order valence-corrected chi connectivity index (χ1v) is 6.60. The minimum Gasteiger partial charge on any atom is -0.438 e. The fourth-order valence-electron chi connectivity index (χ4n) is 1.52. The van der Waals surface area contributed by atoms with Gasteiger partial charge >= 0.3 is 0 Å². The maximum Gasteiger partial charge on any atom is 0.273 e. The molecule has 1 heterocycles. The molecular weight excluding hydrogens is 326 g/mol. The molecule has 0 bridgehead atoms. The van der Waals surface area contributed by atoms with E-state index in [2.05, 4.69) is 20.9 Å². The first kappa shape index (κ1) is 14.4. The van der Waals surface area contributed by atoms with Gasteiger partial charge in [0.1, 0.15) is 0 Å². The van der Waals surface area contributed by atoms with Crippen LogP contribution in [0.4, 0.5) is 5.69 Å². The lowest BCUT2D eigenvalue weighted by atomic mass is 10.2. The molecule has 1 aromatic carbocycles. The number of halogens is 1. The highest BCUT2D eigenvalue weighted by atomic mass is 79.9. The molecular formula is C13H12BrN3O3. The zero-order valence-corrected chi connectivity index (χ0v) is 12.2. The van der Waals surface area contributed by atoms with E-state index >= 15 is 0 Å². The number of ether oxygens (including phenoxy) is 1. The van der Waals surface area contributed by atoms with E-state index in [1.165, 1.54) is 12.1 Å². The largest absolute Gasteiger partial charge is 0.438 e. The summed E-state index contributed by atoms with van der Waals surface area (Å²) in [5, 5.41) is 10.7. The summed E-state index contributed by atoms with van der Waals surface area (Å²) in [6.07, 6.45) is 1.62. The van der Waals surface area contributed by atoms with E-state index in [0.717, 1.165) is 5.56 Å². The number of non-ortho nitro benzene ring substituents is 1. The summed E-state index contributed by atoms with van der Waals surface area (Å²) in [6.45, 7) is 1.86. The van der Waals surface area contributed by atoms with Gasteiger partial charge in [-0.1, -0.05) is 6.07 Å². The molecule has 0 amide bonds. The molecule has 0 spiro atoms. The van der Waals surface area contributed by atoms with E-state index in [1.807, 2.05) is 6.92 Å². The van der Waals surface area contributed by atoms with E-state index in [9.17, 15) is 10.1 Å². The molecule has 0 radical (unpaired) electrons. The van der Waals surface area contributed by atoms with E-state index < -0.39 is 4.92 Å². The van der Waals surface area contributed by atoms with Crippen molar-refractivity contribution in [3.05, 3.63) is 56.7 Å². The van der Waals surface area contributed by atoms with E-state index in [1.54, 1.807) is 24.4 Å². The van der Waals surface area contributed by atoms with Crippen LogP contribution in [0.25, 0.3) is 0 Å². The van der Waals surface area contributed by atoms with Crippen molar-refractivity contribution in [1.82, 2.24) is 4.98 Å². The van der Waals surface area contributed by atoms with Crippen LogP contribution >= 0.6 is 15.9 Å². The Morgan fingerprint density at radius 2 is 2.15 bits per heavy atom. The summed E-state index contributed by atoms with van der Waals surface area (Å²) < 4.78 is 6.14. The minimum absolute atomic E-state index is 0.0459. The number of hydrogen-bond acceptors (Lipinski definition) is 5. The zero-order valence-electron chi connectivity index (χ0n) is 10.6. The van der Waals surface area contributed by atoms with Crippen molar-refractivity contribution in [3.8, 4) is 11.6 Å². The molecule has 20 heavy (non-hydrogen) atoms. The average Bonchev–Trinajstić information content (AvgIpc) is 2.41. The van der Waals surface area contributed by atoms with Gasteiger partial charge in [0, 0.05) is 24.4 Å². The summed E-state index contributed by atoms with van der Waals surface area (Å²) in [6, 6.07) is 7.65. The second-order valence-corrected chi connectivity index (χ2v) is 5.05. The Kier molecular flexibility index (Phi) is 4.31. The van der Waals surface area contributed by atoms with Gasteiger partial charge in [-0.05, 0) is 34.5 Å². The van der Waals surface area contributed by atoms with Gasteiger partial charge in [-0.2, -0.15) is 0 Å². The average molecular weight is 338 g/mol. The van der Waals surface area contributed by atoms with Crippen LogP contribution in [0.5, 0.6) is 11.6 Å². The number of nitrogens with zero attached hydrogens (tertiary/aromatic N) is 2. The number of aromatic nitrogens is 1. The molecule has 2 N–H and O–H groups in total. The van der Waals surface area contributed by atoms with Gasteiger partial charge < -0.3 is 10.5 Å². The van der Waals surface area contributed by atoms with Gasteiger partial charge in [-0.15, -0.1) is 0 Å². The standard InChI is InChI=1S/C13H12BrN3O3/c1-8(15)9-2-5-13(16-7-9)20-12-6-10(17(18)19)3-4-11(12)14/h2-8H,15H2,1H3/t8-/m0/s1. The van der Waals surface area contributed by atoms with E-state index in [4.69, 9.17) is 10.5 Å². The van der Waals surface area contributed by atoms with Gasteiger partial charge in [-0.25, -0.2) is 4.98 Å². The number of nitrogens with two attached hydrogens (primary N) is 1. The van der Waals surface area contributed by atoms with Gasteiger partial charge in [0.05, 0.1) is 15.5 Å². The molecule has 1 aromatic heterocycles. The Morgan fingerprint density at radius 3 is 2.70 bits per heavy atom. The first-order valence-electron chi connectivity index (χ1n) is 5.80. The van der Waals surface area contributed by atoms with Crippen molar-refractivity contribution in [3.63, 3.8) is 0 Å². The quantitative estimate of drug-likeness (QED) is 0.680. The molecule has 0 aliphatic heterocycles. The monoisotopic (exact) mass is 337 g/mol. The summed E-state index contributed by atoms with van der Waals surface area (Å²) in [4.78, 5) is 14.4. The lowest BCUT2D eigenvalue weighted by Crippen LogP contribution is -2.05. The van der Waals surface area contributed by atoms with Crippen molar-refractivity contribution in [1.29, 1.82) is 0 Å². The maximum atomic E-state index is 10.7. The highest BCUT2D eigenvalue weighted by Gasteiger charge is 2.12. The van der Waals surface area contributed by atoms with Crippen molar-refractivity contribution >= 4 is 21.6 Å². The Labute approximate surface area is 123 Å². The normalized spacial score (nSPS) is 11.9.